The van der Waals surface area contributed by atoms with Crippen molar-refractivity contribution in [3.05, 3.63) is 129 Å². The van der Waals surface area contributed by atoms with Crippen molar-refractivity contribution >= 4 is 18.0 Å². The van der Waals surface area contributed by atoms with Gasteiger partial charge in [-0.15, -0.1) is 0 Å². The molecule has 0 radical (unpaired) electrons. The first-order valence-electron chi connectivity index (χ1n) is 16.7. The summed E-state index contributed by atoms with van der Waals surface area (Å²) in [6.45, 7) is 23.1. The Labute approximate surface area is 290 Å². The molecule has 0 aromatic heterocycles. The van der Waals surface area contributed by atoms with Gasteiger partial charge in [-0.25, -0.2) is 9.59 Å². The van der Waals surface area contributed by atoms with Crippen LogP contribution >= 0.6 is 0 Å². The number of carboxylic acids is 1. The molecule has 0 saturated carbocycles. The minimum atomic E-state index is -0.912. The van der Waals surface area contributed by atoms with Gasteiger partial charge in [0.05, 0.1) is 13.7 Å². The molecule has 0 spiro atoms. The number of hydrogen-bond donors (Lipinski definition) is 1. The van der Waals surface area contributed by atoms with E-state index in [-0.39, 0.29) is 11.4 Å². The van der Waals surface area contributed by atoms with Gasteiger partial charge < -0.3 is 14.6 Å². The first kappa shape index (κ1) is 41.6. The normalized spacial score (nSPS) is 16.2. The number of rotatable bonds is 12. The van der Waals surface area contributed by atoms with E-state index >= 15 is 0 Å². The molecular formula is C43H58O5. The minimum Gasteiger partial charge on any atom is -0.496 e. The van der Waals surface area contributed by atoms with Crippen molar-refractivity contribution in [1.29, 1.82) is 0 Å². The summed E-state index contributed by atoms with van der Waals surface area (Å²) in [6.07, 6.45) is 26.6. The lowest BCUT2D eigenvalue weighted by atomic mass is 9.72. The summed E-state index contributed by atoms with van der Waals surface area (Å²) in [5.74, 6) is -0.294. The smallest absolute Gasteiger partial charge is 0.330 e. The lowest BCUT2D eigenvalue weighted by molar-refractivity contribution is -0.137. The van der Waals surface area contributed by atoms with Crippen molar-refractivity contribution in [2.45, 2.75) is 95.4 Å². The number of aryl methyl sites for hydroxylation is 1. The van der Waals surface area contributed by atoms with E-state index in [0.29, 0.717) is 6.61 Å². The number of carbonyl (C=O) groups excluding carboxylic acids is 1. The van der Waals surface area contributed by atoms with E-state index in [2.05, 4.69) is 78.8 Å². The van der Waals surface area contributed by atoms with Crippen LogP contribution < -0.4 is 4.74 Å². The highest BCUT2D eigenvalue weighted by Crippen LogP contribution is 2.40. The number of benzene rings is 1. The molecule has 0 aliphatic heterocycles. The van der Waals surface area contributed by atoms with Gasteiger partial charge >= 0.3 is 11.9 Å². The average Bonchev–Trinajstić information content (AvgIpc) is 2.98. The Morgan fingerprint density at radius 1 is 0.833 bits per heavy atom. The molecule has 1 aliphatic carbocycles. The highest BCUT2D eigenvalue weighted by atomic mass is 16.5. The molecule has 0 atom stereocenters. The summed E-state index contributed by atoms with van der Waals surface area (Å²) < 4.78 is 10.3. The second-order valence-corrected chi connectivity index (χ2v) is 13.1. The molecule has 0 fully saturated rings. The topological polar surface area (TPSA) is 72.8 Å². The van der Waals surface area contributed by atoms with Crippen molar-refractivity contribution in [3.63, 3.8) is 0 Å². The molecular weight excluding hydrogens is 596 g/mol. The Hall–Kier alpha value is -4.38. The van der Waals surface area contributed by atoms with E-state index in [1.165, 1.54) is 64.8 Å². The lowest BCUT2D eigenvalue weighted by Gasteiger charge is -2.32. The molecule has 0 bridgehead atoms. The molecule has 48 heavy (non-hydrogen) atoms. The van der Waals surface area contributed by atoms with Crippen molar-refractivity contribution in [3.8, 4) is 5.75 Å². The summed E-state index contributed by atoms with van der Waals surface area (Å²) in [5, 5.41) is 8.65. The van der Waals surface area contributed by atoms with E-state index in [9.17, 15) is 9.59 Å². The summed E-state index contributed by atoms with van der Waals surface area (Å²) >= 11 is 0. The van der Waals surface area contributed by atoms with Gasteiger partial charge in [0.2, 0.25) is 0 Å². The molecule has 1 aromatic carbocycles. The fourth-order valence-electron chi connectivity index (χ4n) is 5.45. The molecule has 1 aromatic rings. The first-order valence-corrected chi connectivity index (χ1v) is 16.7. The molecule has 1 aliphatic rings. The largest absolute Gasteiger partial charge is 0.496 e. The molecule has 260 valence electrons. The van der Waals surface area contributed by atoms with E-state index in [4.69, 9.17) is 14.6 Å². The summed E-state index contributed by atoms with van der Waals surface area (Å²) in [4.78, 5) is 21.9. The second kappa shape index (κ2) is 20.8. The molecule has 0 saturated heterocycles. The van der Waals surface area contributed by atoms with Crippen molar-refractivity contribution < 1.29 is 24.2 Å². The second-order valence-electron chi connectivity index (χ2n) is 13.1. The van der Waals surface area contributed by atoms with Crippen LogP contribution in [-0.4, -0.2) is 30.8 Å². The standard InChI is InChI=1S/C23H30O3.C20H28O2/c1-8-26-23(24)14-17(3)11-9-10-16(2)12-13-21-18(4)15-22(25-7)20(6)19(21)5;1-15(8-6-9-16(2)14-19(21)22)11-12-18-17(3)10-7-13-20(18,4)5/h9-15H,8H2,1-7H3;6,8-9,11-12,14H,7,10,13H2,1-5H3,(H,21,22)/b11-9+,13-12+,16-10+,17-14+;9-6+,12-11+,15-8+,16-14-. The lowest BCUT2D eigenvalue weighted by Crippen LogP contribution is -2.19. The Morgan fingerprint density at radius 2 is 1.40 bits per heavy atom. The third kappa shape index (κ3) is 15.0. The summed E-state index contributed by atoms with van der Waals surface area (Å²) in [5.41, 5.74) is 11.9. The highest BCUT2D eigenvalue weighted by molar-refractivity contribution is 5.83. The number of hydrogen-bond acceptors (Lipinski definition) is 4. The van der Waals surface area contributed by atoms with Gasteiger partial charge in [0.25, 0.3) is 0 Å². The Balaban J connectivity index is 0.000000487. The zero-order valence-electron chi connectivity index (χ0n) is 31.4. The van der Waals surface area contributed by atoms with Crippen molar-refractivity contribution in [2.24, 2.45) is 5.41 Å². The monoisotopic (exact) mass is 654 g/mol. The predicted octanol–water partition coefficient (Wildman–Crippen LogP) is 11.2. The van der Waals surface area contributed by atoms with E-state index in [1.54, 1.807) is 27.0 Å². The summed E-state index contributed by atoms with van der Waals surface area (Å²) in [6, 6.07) is 2.07. The molecule has 2 rings (SSSR count). The number of methoxy groups -OCH3 is 1. The third-order valence-electron chi connectivity index (χ3n) is 8.32. The van der Waals surface area contributed by atoms with Gasteiger partial charge in [-0.2, -0.15) is 0 Å². The quantitative estimate of drug-likeness (QED) is 0.138. The van der Waals surface area contributed by atoms with Crippen LogP contribution in [0.1, 0.15) is 96.9 Å². The van der Waals surface area contributed by atoms with Crippen LogP contribution in [0.3, 0.4) is 0 Å². The van der Waals surface area contributed by atoms with Crippen molar-refractivity contribution in [1.82, 2.24) is 0 Å². The van der Waals surface area contributed by atoms with E-state index in [0.717, 1.165) is 28.0 Å². The van der Waals surface area contributed by atoms with Gasteiger partial charge in [0, 0.05) is 12.2 Å². The first-order chi connectivity index (χ1) is 22.5. The molecule has 1 N–H and O–H groups in total. The van der Waals surface area contributed by atoms with E-state index in [1.807, 2.05) is 44.2 Å². The van der Waals surface area contributed by atoms with Crippen molar-refractivity contribution in [2.75, 3.05) is 13.7 Å². The average molecular weight is 655 g/mol. The van der Waals surface area contributed by atoms with Gasteiger partial charge in [-0.05, 0) is 132 Å². The predicted molar refractivity (Wildman–Crippen MR) is 203 cm³/mol. The number of carbonyl (C=O) groups is 2. The van der Waals surface area contributed by atoms with Gasteiger partial charge in [-0.1, -0.05) is 91.3 Å². The number of allylic oxidation sites excluding steroid dienone is 15. The molecule has 0 amide bonds. The zero-order chi connectivity index (χ0) is 36.4. The molecule has 5 heteroatoms. The van der Waals surface area contributed by atoms with Gasteiger partial charge in [0.15, 0.2) is 0 Å². The van der Waals surface area contributed by atoms with Crippen LogP contribution in [0.5, 0.6) is 5.75 Å². The van der Waals surface area contributed by atoms with Crippen LogP contribution in [-0.2, 0) is 14.3 Å². The zero-order valence-corrected chi connectivity index (χ0v) is 31.4. The Kier molecular flexibility index (Phi) is 18.0. The maximum absolute atomic E-state index is 11.4. The number of carboxylic acid groups (broad SMARTS) is 1. The van der Waals surface area contributed by atoms with Crippen LogP contribution in [0.25, 0.3) is 6.08 Å². The van der Waals surface area contributed by atoms with Gasteiger partial charge in [-0.3, -0.25) is 0 Å². The molecule has 0 unspecified atom stereocenters. The molecule has 0 heterocycles. The van der Waals surface area contributed by atoms with Crippen LogP contribution in [0, 0.1) is 26.2 Å². The maximum Gasteiger partial charge on any atom is 0.330 e. The van der Waals surface area contributed by atoms with Crippen LogP contribution in [0.2, 0.25) is 0 Å². The summed E-state index contributed by atoms with van der Waals surface area (Å²) in [7, 11) is 1.70. The number of esters is 1. The van der Waals surface area contributed by atoms with E-state index < -0.39 is 5.97 Å². The third-order valence-corrected chi connectivity index (χ3v) is 8.32. The fourth-order valence-corrected chi connectivity index (χ4v) is 5.45. The van der Waals surface area contributed by atoms with Gasteiger partial charge in [0.1, 0.15) is 5.75 Å². The Morgan fingerprint density at radius 3 is 1.92 bits per heavy atom. The minimum absolute atomic E-state index is 0.260. The number of aliphatic carboxylic acids is 1. The fraction of sp³-hybridized carbons (Fsp3) is 0.395. The maximum atomic E-state index is 11.4. The Bertz CT molecular complexity index is 1560. The number of ether oxygens (including phenoxy) is 2. The van der Waals surface area contributed by atoms with Crippen LogP contribution in [0.15, 0.2) is 106 Å². The van der Waals surface area contributed by atoms with Crippen LogP contribution in [0.4, 0.5) is 0 Å². The SMILES string of the molecule is CC1=C(/C=C/C(C)=C/C=C/C(C)=C\C(=O)O)C(C)(C)CCC1.CCOC(=O)/C=C(C)/C=C/C=C(C)/C=C/c1c(C)cc(OC)c(C)c1C. The molecule has 5 nitrogen and oxygen atoms in total. The highest BCUT2D eigenvalue weighted by Gasteiger charge is 2.26.